The van der Waals surface area contributed by atoms with Crippen LogP contribution in [0.3, 0.4) is 0 Å². The first kappa shape index (κ1) is 19.7. The lowest BCUT2D eigenvalue weighted by Crippen LogP contribution is -1.99. The Morgan fingerprint density at radius 2 is 1.62 bits per heavy atom. The van der Waals surface area contributed by atoms with Gasteiger partial charge in [0.2, 0.25) is 0 Å². The van der Waals surface area contributed by atoms with Crippen molar-refractivity contribution in [2.24, 2.45) is 0 Å². The molecule has 138 valence electrons. The van der Waals surface area contributed by atoms with E-state index in [0.717, 1.165) is 30.6 Å². The van der Waals surface area contributed by atoms with E-state index in [1.165, 1.54) is 13.2 Å². The van der Waals surface area contributed by atoms with Crippen molar-refractivity contribution in [3.8, 4) is 29.1 Å². The van der Waals surface area contributed by atoms with Crippen LogP contribution in [-0.4, -0.2) is 20.3 Å². The zero-order valence-electron chi connectivity index (χ0n) is 15.6. The Kier molecular flexibility index (Phi) is 7.82. The Morgan fingerprint density at radius 3 is 2.27 bits per heavy atom. The first-order chi connectivity index (χ1) is 12.7. The van der Waals surface area contributed by atoms with Crippen molar-refractivity contribution < 1.29 is 18.6 Å². The zero-order valence-corrected chi connectivity index (χ0v) is 15.6. The molecule has 0 saturated carbocycles. The second-order valence-corrected chi connectivity index (χ2v) is 5.81. The molecule has 0 saturated heterocycles. The number of ether oxygens (including phenoxy) is 3. The SMILES string of the molecule is CCCCOc1cc(F)c(C#Cc2ccc(OCCC)cc2)c(OC)c1. The summed E-state index contributed by atoms with van der Waals surface area (Å²) in [6.45, 7) is 5.37. The summed E-state index contributed by atoms with van der Waals surface area (Å²) in [5.74, 6) is 6.99. The molecule has 0 amide bonds. The van der Waals surface area contributed by atoms with Gasteiger partial charge in [-0.25, -0.2) is 4.39 Å². The second kappa shape index (κ2) is 10.4. The molecule has 0 aromatic heterocycles. The van der Waals surface area contributed by atoms with Crippen LogP contribution in [0.4, 0.5) is 4.39 Å². The first-order valence-corrected chi connectivity index (χ1v) is 8.93. The molecule has 0 fully saturated rings. The Labute approximate surface area is 155 Å². The smallest absolute Gasteiger partial charge is 0.146 e. The molecule has 4 heteroatoms. The van der Waals surface area contributed by atoms with E-state index in [1.54, 1.807) is 6.07 Å². The maximum absolute atomic E-state index is 14.4. The fourth-order valence-corrected chi connectivity index (χ4v) is 2.25. The lowest BCUT2D eigenvalue weighted by atomic mass is 10.1. The van der Waals surface area contributed by atoms with E-state index in [9.17, 15) is 4.39 Å². The summed E-state index contributed by atoms with van der Waals surface area (Å²) < 4.78 is 30.8. The second-order valence-electron chi connectivity index (χ2n) is 5.81. The van der Waals surface area contributed by atoms with Crippen LogP contribution in [0.15, 0.2) is 36.4 Å². The van der Waals surface area contributed by atoms with E-state index in [4.69, 9.17) is 14.2 Å². The third kappa shape index (κ3) is 5.70. The highest BCUT2D eigenvalue weighted by molar-refractivity contribution is 5.53. The standard InChI is InChI=1S/C22H25FO3/c1-4-6-14-26-19-15-21(23)20(22(16-19)24-3)12-9-17-7-10-18(11-8-17)25-13-5-2/h7-8,10-11,15-16H,4-6,13-14H2,1-3H3. The molecule has 0 atom stereocenters. The van der Waals surface area contributed by atoms with Crippen molar-refractivity contribution in [1.29, 1.82) is 0 Å². The van der Waals surface area contributed by atoms with Crippen LogP contribution >= 0.6 is 0 Å². The van der Waals surface area contributed by atoms with Crippen LogP contribution in [0.5, 0.6) is 17.2 Å². The van der Waals surface area contributed by atoms with Crippen LogP contribution in [0.2, 0.25) is 0 Å². The maximum atomic E-state index is 14.4. The largest absolute Gasteiger partial charge is 0.495 e. The fourth-order valence-electron chi connectivity index (χ4n) is 2.25. The fraction of sp³-hybridized carbons (Fsp3) is 0.364. The minimum Gasteiger partial charge on any atom is -0.495 e. The van der Waals surface area contributed by atoms with Crippen LogP contribution in [0.1, 0.15) is 44.2 Å². The highest BCUT2D eigenvalue weighted by atomic mass is 19.1. The first-order valence-electron chi connectivity index (χ1n) is 8.93. The number of benzene rings is 2. The lowest BCUT2D eigenvalue weighted by Gasteiger charge is -2.10. The molecule has 2 aromatic carbocycles. The van der Waals surface area contributed by atoms with Gasteiger partial charge in [0.15, 0.2) is 0 Å². The molecule has 0 aliphatic heterocycles. The van der Waals surface area contributed by atoms with Gasteiger partial charge in [0.1, 0.15) is 28.6 Å². The molecular weight excluding hydrogens is 331 g/mol. The van der Waals surface area contributed by atoms with Crippen molar-refractivity contribution in [3.05, 3.63) is 53.3 Å². The minimum atomic E-state index is -0.453. The topological polar surface area (TPSA) is 27.7 Å². The summed E-state index contributed by atoms with van der Waals surface area (Å²) in [6, 6.07) is 10.4. The predicted molar refractivity (Wildman–Crippen MR) is 102 cm³/mol. The molecule has 0 bridgehead atoms. The van der Waals surface area contributed by atoms with Gasteiger partial charge in [-0.05, 0) is 37.1 Å². The predicted octanol–water partition coefficient (Wildman–Crippen LogP) is 5.20. The third-order valence-corrected chi connectivity index (χ3v) is 3.67. The number of hydrogen-bond donors (Lipinski definition) is 0. The van der Waals surface area contributed by atoms with E-state index in [-0.39, 0.29) is 5.56 Å². The van der Waals surface area contributed by atoms with E-state index in [2.05, 4.69) is 25.7 Å². The Bertz CT molecular complexity index is 757. The lowest BCUT2D eigenvalue weighted by molar-refractivity contribution is 0.305. The van der Waals surface area contributed by atoms with Crippen molar-refractivity contribution in [1.82, 2.24) is 0 Å². The zero-order chi connectivity index (χ0) is 18.8. The molecule has 2 aromatic rings. The van der Waals surface area contributed by atoms with Gasteiger partial charge in [0, 0.05) is 17.7 Å². The van der Waals surface area contributed by atoms with Crippen LogP contribution in [0.25, 0.3) is 0 Å². The summed E-state index contributed by atoms with van der Waals surface area (Å²) in [4.78, 5) is 0. The highest BCUT2D eigenvalue weighted by Gasteiger charge is 2.11. The molecule has 0 spiro atoms. The highest BCUT2D eigenvalue weighted by Crippen LogP contribution is 2.27. The van der Waals surface area contributed by atoms with E-state index in [1.807, 2.05) is 24.3 Å². The van der Waals surface area contributed by atoms with Crippen molar-refractivity contribution in [3.63, 3.8) is 0 Å². The summed E-state index contributed by atoms with van der Waals surface area (Å²) in [6.07, 6.45) is 2.90. The van der Waals surface area contributed by atoms with Crippen molar-refractivity contribution in [2.75, 3.05) is 20.3 Å². The van der Waals surface area contributed by atoms with Crippen LogP contribution in [0, 0.1) is 17.7 Å². The van der Waals surface area contributed by atoms with E-state index < -0.39 is 5.82 Å². The van der Waals surface area contributed by atoms with Gasteiger partial charge >= 0.3 is 0 Å². The minimum absolute atomic E-state index is 0.224. The van der Waals surface area contributed by atoms with Gasteiger partial charge in [0.25, 0.3) is 0 Å². The number of halogens is 1. The number of rotatable bonds is 8. The monoisotopic (exact) mass is 356 g/mol. The number of unbranched alkanes of at least 4 members (excludes halogenated alkanes) is 1. The average molecular weight is 356 g/mol. The molecule has 3 nitrogen and oxygen atoms in total. The van der Waals surface area contributed by atoms with Gasteiger partial charge in [0.05, 0.1) is 20.3 Å². The van der Waals surface area contributed by atoms with Gasteiger partial charge < -0.3 is 14.2 Å². The number of hydrogen-bond acceptors (Lipinski definition) is 3. The Balaban J connectivity index is 2.17. The summed E-state index contributed by atoms with van der Waals surface area (Å²) in [7, 11) is 1.50. The van der Waals surface area contributed by atoms with Crippen LogP contribution in [-0.2, 0) is 0 Å². The number of methoxy groups -OCH3 is 1. The van der Waals surface area contributed by atoms with E-state index >= 15 is 0 Å². The summed E-state index contributed by atoms with van der Waals surface area (Å²) in [5.41, 5.74) is 1.00. The van der Waals surface area contributed by atoms with Crippen LogP contribution < -0.4 is 14.2 Å². The maximum Gasteiger partial charge on any atom is 0.146 e. The van der Waals surface area contributed by atoms with Crippen molar-refractivity contribution >= 4 is 0 Å². The molecule has 0 aliphatic carbocycles. The third-order valence-electron chi connectivity index (χ3n) is 3.67. The molecule has 0 heterocycles. The van der Waals surface area contributed by atoms with Gasteiger partial charge in [-0.15, -0.1) is 0 Å². The summed E-state index contributed by atoms with van der Waals surface area (Å²) >= 11 is 0. The van der Waals surface area contributed by atoms with Gasteiger partial charge in [-0.3, -0.25) is 0 Å². The average Bonchev–Trinajstić information content (AvgIpc) is 2.66. The molecular formula is C22H25FO3. The molecule has 0 radical (unpaired) electrons. The van der Waals surface area contributed by atoms with Gasteiger partial charge in [-0.2, -0.15) is 0 Å². The van der Waals surface area contributed by atoms with E-state index in [0.29, 0.717) is 24.7 Å². The quantitative estimate of drug-likeness (QED) is 0.480. The van der Waals surface area contributed by atoms with Gasteiger partial charge in [-0.1, -0.05) is 32.1 Å². The molecule has 0 N–H and O–H groups in total. The Morgan fingerprint density at radius 1 is 0.885 bits per heavy atom. The Hall–Kier alpha value is -2.67. The van der Waals surface area contributed by atoms with Crippen molar-refractivity contribution in [2.45, 2.75) is 33.1 Å². The molecule has 0 unspecified atom stereocenters. The molecule has 2 rings (SSSR count). The molecule has 26 heavy (non-hydrogen) atoms. The molecule has 0 aliphatic rings. The summed E-state index contributed by atoms with van der Waals surface area (Å²) in [5, 5.41) is 0. The normalized spacial score (nSPS) is 10.0.